The van der Waals surface area contributed by atoms with Gasteiger partial charge in [-0.3, -0.25) is 0 Å². The SMILES string of the molecule is CC(Cc1cccc2c(C(C)(C)C)ncn12)c1ccn2nccc2c1. The molecule has 4 aromatic rings. The summed E-state index contributed by atoms with van der Waals surface area (Å²) >= 11 is 0. The molecule has 25 heavy (non-hydrogen) atoms. The molecule has 4 heterocycles. The Morgan fingerprint density at radius 1 is 1.12 bits per heavy atom. The van der Waals surface area contributed by atoms with Gasteiger partial charge in [0.1, 0.15) is 0 Å². The van der Waals surface area contributed by atoms with Gasteiger partial charge in [-0.15, -0.1) is 0 Å². The predicted octanol–water partition coefficient (Wildman–Crippen LogP) is 4.63. The lowest BCUT2D eigenvalue weighted by Crippen LogP contribution is -2.12. The average molecular weight is 332 g/mol. The Hall–Kier alpha value is -2.62. The van der Waals surface area contributed by atoms with E-state index >= 15 is 0 Å². The van der Waals surface area contributed by atoms with Gasteiger partial charge in [-0.2, -0.15) is 5.10 Å². The molecule has 0 spiro atoms. The number of aromatic nitrogens is 4. The quantitative estimate of drug-likeness (QED) is 0.548. The van der Waals surface area contributed by atoms with E-state index in [4.69, 9.17) is 4.98 Å². The van der Waals surface area contributed by atoms with E-state index in [-0.39, 0.29) is 5.41 Å². The summed E-state index contributed by atoms with van der Waals surface area (Å²) in [6.07, 6.45) is 6.82. The predicted molar refractivity (Wildman–Crippen MR) is 101 cm³/mol. The van der Waals surface area contributed by atoms with E-state index in [0.29, 0.717) is 5.92 Å². The van der Waals surface area contributed by atoms with Gasteiger partial charge in [0.2, 0.25) is 0 Å². The molecule has 128 valence electrons. The Labute approximate surface area is 148 Å². The number of imidazole rings is 1. The molecule has 4 rings (SSSR count). The van der Waals surface area contributed by atoms with Crippen molar-refractivity contribution in [3.05, 3.63) is 72.1 Å². The Bertz CT molecular complexity index is 1030. The van der Waals surface area contributed by atoms with Crippen LogP contribution in [0.15, 0.2) is 55.1 Å². The fraction of sp³-hybridized carbons (Fsp3) is 0.333. The largest absolute Gasteiger partial charge is 0.303 e. The average Bonchev–Trinajstić information content (AvgIpc) is 3.20. The van der Waals surface area contributed by atoms with Crippen LogP contribution in [0.5, 0.6) is 0 Å². The topological polar surface area (TPSA) is 34.6 Å². The number of rotatable bonds is 3. The molecule has 0 aromatic carbocycles. The van der Waals surface area contributed by atoms with Crippen molar-refractivity contribution < 1.29 is 0 Å². The van der Waals surface area contributed by atoms with Crippen LogP contribution in [0.25, 0.3) is 11.0 Å². The monoisotopic (exact) mass is 332 g/mol. The minimum atomic E-state index is 0.0477. The maximum absolute atomic E-state index is 4.69. The van der Waals surface area contributed by atoms with Gasteiger partial charge in [0, 0.05) is 23.5 Å². The maximum Gasteiger partial charge on any atom is 0.0998 e. The second-order valence-corrected chi connectivity index (χ2v) is 7.88. The minimum Gasteiger partial charge on any atom is -0.303 e. The summed E-state index contributed by atoms with van der Waals surface area (Å²) in [5.74, 6) is 0.422. The first-order valence-corrected chi connectivity index (χ1v) is 8.82. The molecule has 0 N–H and O–H groups in total. The van der Waals surface area contributed by atoms with Crippen LogP contribution in [0.1, 0.15) is 50.6 Å². The highest BCUT2D eigenvalue weighted by molar-refractivity contribution is 5.56. The van der Waals surface area contributed by atoms with Crippen molar-refractivity contribution in [2.75, 3.05) is 0 Å². The van der Waals surface area contributed by atoms with Crippen molar-refractivity contribution in [3.8, 4) is 0 Å². The zero-order valence-electron chi connectivity index (χ0n) is 15.3. The van der Waals surface area contributed by atoms with Crippen LogP contribution in [-0.2, 0) is 11.8 Å². The minimum absolute atomic E-state index is 0.0477. The summed E-state index contributed by atoms with van der Waals surface area (Å²) in [7, 11) is 0. The molecule has 0 saturated heterocycles. The molecule has 0 saturated carbocycles. The fourth-order valence-corrected chi connectivity index (χ4v) is 3.50. The molecular formula is C21H24N4. The summed E-state index contributed by atoms with van der Waals surface area (Å²) in [4.78, 5) is 4.69. The second-order valence-electron chi connectivity index (χ2n) is 7.88. The number of hydrogen-bond acceptors (Lipinski definition) is 2. The van der Waals surface area contributed by atoms with Crippen molar-refractivity contribution in [2.45, 2.75) is 45.4 Å². The van der Waals surface area contributed by atoms with E-state index in [0.717, 1.165) is 17.6 Å². The molecule has 1 atom stereocenters. The molecule has 0 fully saturated rings. The van der Waals surface area contributed by atoms with E-state index < -0.39 is 0 Å². The number of fused-ring (bicyclic) bond motifs is 2. The highest BCUT2D eigenvalue weighted by Gasteiger charge is 2.20. The molecule has 4 nitrogen and oxygen atoms in total. The van der Waals surface area contributed by atoms with Gasteiger partial charge < -0.3 is 4.40 Å². The van der Waals surface area contributed by atoms with Crippen LogP contribution in [0, 0.1) is 0 Å². The standard InChI is InChI=1S/C21H24N4/c1-15(16-9-11-25-18(13-16)8-10-23-25)12-17-6-5-7-19-20(21(2,3)4)22-14-24(17)19/h5-11,13-15H,12H2,1-4H3. The first-order valence-electron chi connectivity index (χ1n) is 8.82. The van der Waals surface area contributed by atoms with Crippen molar-refractivity contribution in [2.24, 2.45) is 0 Å². The van der Waals surface area contributed by atoms with E-state index in [9.17, 15) is 0 Å². The van der Waals surface area contributed by atoms with Gasteiger partial charge in [-0.25, -0.2) is 9.50 Å². The van der Waals surface area contributed by atoms with E-state index in [1.54, 1.807) is 0 Å². The molecule has 4 heteroatoms. The van der Waals surface area contributed by atoms with Crippen LogP contribution in [0.4, 0.5) is 0 Å². The fourth-order valence-electron chi connectivity index (χ4n) is 3.50. The van der Waals surface area contributed by atoms with Crippen LogP contribution in [0.3, 0.4) is 0 Å². The van der Waals surface area contributed by atoms with E-state index in [2.05, 4.69) is 67.5 Å². The van der Waals surface area contributed by atoms with Gasteiger partial charge in [0.25, 0.3) is 0 Å². The third kappa shape index (κ3) is 2.82. The van der Waals surface area contributed by atoms with Gasteiger partial charge in [-0.1, -0.05) is 33.8 Å². The van der Waals surface area contributed by atoms with Crippen molar-refractivity contribution in [3.63, 3.8) is 0 Å². The lowest BCUT2D eigenvalue weighted by molar-refractivity contribution is 0.578. The summed E-state index contributed by atoms with van der Waals surface area (Å²) in [5.41, 5.74) is 6.18. The first kappa shape index (κ1) is 15.9. The molecule has 0 aliphatic carbocycles. The van der Waals surface area contributed by atoms with E-state index in [1.807, 2.05) is 29.3 Å². The van der Waals surface area contributed by atoms with Crippen LogP contribution < -0.4 is 0 Å². The second kappa shape index (κ2) is 5.73. The van der Waals surface area contributed by atoms with Crippen molar-refractivity contribution >= 4 is 11.0 Å². The van der Waals surface area contributed by atoms with Crippen LogP contribution >= 0.6 is 0 Å². The van der Waals surface area contributed by atoms with Crippen LogP contribution in [0.2, 0.25) is 0 Å². The van der Waals surface area contributed by atoms with Gasteiger partial charge in [0.15, 0.2) is 0 Å². The van der Waals surface area contributed by atoms with Crippen molar-refractivity contribution in [1.82, 2.24) is 19.0 Å². The molecule has 0 radical (unpaired) electrons. The molecule has 1 unspecified atom stereocenters. The first-order chi connectivity index (χ1) is 11.9. The zero-order valence-corrected chi connectivity index (χ0v) is 15.3. The smallest absolute Gasteiger partial charge is 0.0998 e. The molecule has 0 amide bonds. The normalized spacial score (nSPS) is 13.6. The lowest BCUT2D eigenvalue weighted by Gasteiger charge is -2.17. The highest BCUT2D eigenvalue weighted by Crippen LogP contribution is 2.27. The third-order valence-electron chi connectivity index (χ3n) is 4.88. The molecule has 4 aromatic heterocycles. The zero-order chi connectivity index (χ0) is 17.6. The molecule has 0 aliphatic heterocycles. The Morgan fingerprint density at radius 3 is 2.76 bits per heavy atom. The van der Waals surface area contributed by atoms with Crippen LogP contribution in [-0.4, -0.2) is 19.0 Å². The maximum atomic E-state index is 4.69. The molecular weight excluding hydrogens is 308 g/mol. The summed E-state index contributed by atoms with van der Waals surface area (Å²) in [5, 5.41) is 4.27. The highest BCUT2D eigenvalue weighted by atomic mass is 15.2. The Balaban J connectivity index is 1.69. The van der Waals surface area contributed by atoms with Gasteiger partial charge >= 0.3 is 0 Å². The molecule has 0 bridgehead atoms. The van der Waals surface area contributed by atoms with Gasteiger partial charge in [-0.05, 0) is 48.2 Å². The van der Waals surface area contributed by atoms with Crippen molar-refractivity contribution in [1.29, 1.82) is 0 Å². The number of nitrogens with zero attached hydrogens (tertiary/aromatic N) is 4. The molecule has 0 aliphatic rings. The number of hydrogen-bond donors (Lipinski definition) is 0. The Kier molecular flexibility index (Phi) is 3.64. The summed E-state index contributed by atoms with van der Waals surface area (Å²) in [6.45, 7) is 8.92. The van der Waals surface area contributed by atoms with E-state index in [1.165, 1.54) is 16.8 Å². The van der Waals surface area contributed by atoms with Gasteiger partial charge in [0.05, 0.1) is 23.1 Å². The number of pyridine rings is 2. The Morgan fingerprint density at radius 2 is 1.96 bits per heavy atom. The summed E-state index contributed by atoms with van der Waals surface area (Å²) in [6, 6.07) is 13.0. The third-order valence-corrected chi connectivity index (χ3v) is 4.88. The summed E-state index contributed by atoms with van der Waals surface area (Å²) < 4.78 is 4.15. The lowest BCUT2D eigenvalue weighted by atomic mass is 9.91.